The fourth-order valence-electron chi connectivity index (χ4n) is 2.08. The van der Waals surface area contributed by atoms with Crippen LogP contribution in [0.5, 0.6) is 0 Å². The van der Waals surface area contributed by atoms with E-state index in [1.807, 2.05) is 0 Å². The van der Waals surface area contributed by atoms with Crippen LogP contribution in [0.4, 0.5) is 5.69 Å². The molecule has 19 heavy (non-hydrogen) atoms. The normalized spacial score (nSPS) is 21.3. The van der Waals surface area contributed by atoms with Crippen molar-refractivity contribution in [3.05, 3.63) is 27.7 Å². The molecular formula is C12H13BrClNO3S. The van der Waals surface area contributed by atoms with E-state index in [1.165, 1.54) is 0 Å². The molecule has 1 N–H and O–H groups in total. The van der Waals surface area contributed by atoms with Crippen LogP contribution < -0.4 is 5.32 Å². The zero-order chi connectivity index (χ0) is 14.0. The molecule has 4 nitrogen and oxygen atoms in total. The molecule has 0 saturated carbocycles. The van der Waals surface area contributed by atoms with Crippen LogP contribution in [0.25, 0.3) is 0 Å². The standard InChI is InChI=1S/C12H13BrClNO3S/c13-10-6-9(1-2-11(10)14)15-12(16)5-8-3-4-19(17,18)7-8/h1-2,6,8H,3-5,7H2,(H,15,16). The number of carbonyl (C=O) groups excluding carboxylic acids is 1. The van der Waals surface area contributed by atoms with Gasteiger partial charge in [0.05, 0.1) is 16.5 Å². The maximum Gasteiger partial charge on any atom is 0.224 e. The number of hydrogen-bond acceptors (Lipinski definition) is 3. The fourth-order valence-corrected chi connectivity index (χ4v) is 4.44. The van der Waals surface area contributed by atoms with E-state index in [4.69, 9.17) is 11.6 Å². The van der Waals surface area contributed by atoms with E-state index in [0.29, 0.717) is 21.6 Å². The second-order valence-electron chi connectivity index (χ2n) is 4.65. The monoisotopic (exact) mass is 365 g/mol. The minimum absolute atomic E-state index is 0.0688. The lowest BCUT2D eigenvalue weighted by Gasteiger charge is -2.09. The number of halogens is 2. The first-order valence-corrected chi connectivity index (χ1v) is 8.80. The summed E-state index contributed by atoms with van der Waals surface area (Å²) in [5.41, 5.74) is 0.641. The number of nitrogens with one attached hydrogen (secondary N) is 1. The predicted molar refractivity (Wildman–Crippen MR) is 79.2 cm³/mol. The molecule has 1 aliphatic rings. The van der Waals surface area contributed by atoms with E-state index in [-0.39, 0.29) is 29.8 Å². The van der Waals surface area contributed by atoms with Gasteiger partial charge in [-0.1, -0.05) is 11.6 Å². The zero-order valence-corrected chi connectivity index (χ0v) is 13.2. The largest absolute Gasteiger partial charge is 0.326 e. The summed E-state index contributed by atoms with van der Waals surface area (Å²) in [5, 5.41) is 3.31. The molecule has 104 valence electrons. The minimum Gasteiger partial charge on any atom is -0.326 e. The summed E-state index contributed by atoms with van der Waals surface area (Å²) < 4.78 is 23.3. The van der Waals surface area contributed by atoms with Crippen LogP contribution in [0.1, 0.15) is 12.8 Å². The Labute approximate surface area is 125 Å². The number of anilines is 1. The molecule has 1 saturated heterocycles. The highest BCUT2D eigenvalue weighted by atomic mass is 79.9. The molecule has 0 radical (unpaired) electrons. The van der Waals surface area contributed by atoms with E-state index in [1.54, 1.807) is 18.2 Å². The van der Waals surface area contributed by atoms with Crippen molar-refractivity contribution in [1.82, 2.24) is 0 Å². The van der Waals surface area contributed by atoms with Crippen LogP contribution in [0.15, 0.2) is 22.7 Å². The molecule has 7 heteroatoms. The van der Waals surface area contributed by atoms with Gasteiger partial charge in [0.2, 0.25) is 5.91 Å². The molecule has 0 spiro atoms. The number of sulfone groups is 1. The maximum atomic E-state index is 11.8. The third kappa shape index (κ3) is 4.19. The van der Waals surface area contributed by atoms with Crippen molar-refractivity contribution in [3.8, 4) is 0 Å². The Morgan fingerprint density at radius 3 is 2.79 bits per heavy atom. The van der Waals surface area contributed by atoms with Gasteiger partial charge in [-0.05, 0) is 46.5 Å². The first-order chi connectivity index (χ1) is 8.85. The Bertz CT molecular complexity index is 603. The summed E-state index contributed by atoms with van der Waals surface area (Å²) in [4.78, 5) is 11.8. The Balaban J connectivity index is 1.93. The van der Waals surface area contributed by atoms with Crippen molar-refractivity contribution in [3.63, 3.8) is 0 Å². The van der Waals surface area contributed by atoms with Crippen molar-refractivity contribution in [1.29, 1.82) is 0 Å². The first kappa shape index (κ1) is 14.8. The van der Waals surface area contributed by atoms with Crippen LogP contribution >= 0.6 is 27.5 Å². The fraction of sp³-hybridized carbons (Fsp3) is 0.417. The van der Waals surface area contributed by atoms with Crippen LogP contribution in [-0.4, -0.2) is 25.8 Å². The van der Waals surface area contributed by atoms with Gasteiger partial charge in [0.15, 0.2) is 9.84 Å². The summed E-state index contributed by atoms with van der Waals surface area (Å²) in [6.45, 7) is 0. The molecular weight excluding hydrogens is 354 g/mol. The SMILES string of the molecule is O=C(CC1CCS(=O)(=O)C1)Nc1ccc(Cl)c(Br)c1. The summed E-state index contributed by atoms with van der Waals surface area (Å²) in [5.74, 6) is 0.0689. The molecule has 1 aromatic rings. The highest BCUT2D eigenvalue weighted by Gasteiger charge is 2.29. The number of carbonyl (C=O) groups is 1. The lowest BCUT2D eigenvalue weighted by molar-refractivity contribution is -0.116. The molecule has 1 heterocycles. The Hall–Kier alpha value is -0.590. The number of amides is 1. The number of rotatable bonds is 3. The Morgan fingerprint density at radius 1 is 1.47 bits per heavy atom. The van der Waals surface area contributed by atoms with Gasteiger partial charge < -0.3 is 5.32 Å². The highest BCUT2D eigenvalue weighted by molar-refractivity contribution is 9.10. The van der Waals surface area contributed by atoms with Crippen molar-refractivity contribution in [2.75, 3.05) is 16.8 Å². The predicted octanol–water partition coefficient (Wildman–Crippen LogP) is 2.87. The van der Waals surface area contributed by atoms with Gasteiger partial charge in [0.25, 0.3) is 0 Å². The summed E-state index contributed by atoms with van der Waals surface area (Å²) >= 11 is 9.14. The lowest BCUT2D eigenvalue weighted by atomic mass is 10.1. The summed E-state index contributed by atoms with van der Waals surface area (Å²) in [6, 6.07) is 5.10. The van der Waals surface area contributed by atoms with Gasteiger partial charge >= 0.3 is 0 Å². The van der Waals surface area contributed by atoms with Crippen molar-refractivity contribution in [2.45, 2.75) is 12.8 Å². The molecule has 1 unspecified atom stereocenters. The Morgan fingerprint density at radius 2 is 2.21 bits per heavy atom. The van der Waals surface area contributed by atoms with Gasteiger partial charge in [-0.25, -0.2) is 8.42 Å². The van der Waals surface area contributed by atoms with E-state index in [2.05, 4.69) is 21.2 Å². The van der Waals surface area contributed by atoms with E-state index >= 15 is 0 Å². The summed E-state index contributed by atoms with van der Waals surface area (Å²) in [7, 11) is -2.93. The molecule has 0 bridgehead atoms. The topological polar surface area (TPSA) is 63.2 Å². The van der Waals surface area contributed by atoms with E-state index in [9.17, 15) is 13.2 Å². The minimum atomic E-state index is -2.93. The zero-order valence-electron chi connectivity index (χ0n) is 10.0. The lowest BCUT2D eigenvalue weighted by Crippen LogP contribution is -2.17. The molecule has 0 aliphatic carbocycles. The molecule has 1 atom stereocenters. The molecule has 1 amide bonds. The summed E-state index contributed by atoms with van der Waals surface area (Å²) in [6.07, 6.45) is 0.805. The van der Waals surface area contributed by atoms with Gasteiger partial charge in [0, 0.05) is 16.6 Å². The molecule has 0 aromatic heterocycles. The second kappa shape index (κ2) is 5.81. The average Bonchev–Trinajstić information content (AvgIpc) is 2.63. The smallest absolute Gasteiger partial charge is 0.224 e. The average molecular weight is 367 g/mol. The quantitative estimate of drug-likeness (QED) is 0.894. The third-order valence-electron chi connectivity index (χ3n) is 3.00. The van der Waals surface area contributed by atoms with E-state index < -0.39 is 9.84 Å². The molecule has 1 aromatic carbocycles. The number of hydrogen-bond donors (Lipinski definition) is 1. The maximum absolute atomic E-state index is 11.8. The van der Waals surface area contributed by atoms with Crippen LogP contribution in [0, 0.1) is 5.92 Å². The van der Waals surface area contributed by atoms with Crippen molar-refractivity contribution >= 4 is 49.0 Å². The highest BCUT2D eigenvalue weighted by Crippen LogP contribution is 2.26. The van der Waals surface area contributed by atoms with Gasteiger partial charge in [-0.2, -0.15) is 0 Å². The van der Waals surface area contributed by atoms with Gasteiger partial charge in [-0.3, -0.25) is 4.79 Å². The van der Waals surface area contributed by atoms with Crippen molar-refractivity contribution in [2.24, 2.45) is 5.92 Å². The first-order valence-electron chi connectivity index (χ1n) is 5.81. The second-order valence-corrected chi connectivity index (χ2v) is 8.14. The Kier molecular flexibility index (Phi) is 4.53. The molecule has 1 aliphatic heterocycles. The molecule has 1 fully saturated rings. The molecule has 2 rings (SSSR count). The van der Waals surface area contributed by atoms with Crippen LogP contribution in [-0.2, 0) is 14.6 Å². The van der Waals surface area contributed by atoms with Gasteiger partial charge in [-0.15, -0.1) is 0 Å². The van der Waals surface area contributed by atoms with Crippen molar-refractivity contribution < 1.29 is 13.2 Å². The third-order valence-corrected chi connectivity index (χ3v) is 6.06. The van der Waals surface area contributed by atoms with Gasteiger partial charge in [0.1, 0.15) is 0 Å². The number of benzene rings is 1. The van der Waals surface area contributed by atoms with E-state index in [0.717, 1.165) is 0 Å². The van der Waals surface area contributed by atoms with Crippen LogP contribution in [0.2, 0.25) is 5.02 Å². The van der Waals surface area contributed by atoms with Crippen LogP contribution in [0.3, 0.4) is 0 Å².